The summed E-state index contributed by atoms with van der Waals surface area (Å²) in [6, 6.07) is 4.98. The van der Waals surface area contributed by atoms with Gasteiger partial charge in [-0.05, 0) is 31.4 Å². The fourth-order valence-electron chi connectivity index (χ4n) is 4.77. The molecule has 12 nitrogen and oxygen atoms in total. The Balaban J connectivity index is 1.70. The number of ether oxygens (including phenoxy) is 2. The first-order chi connectivity index (χ1) is 17.9. The molecule has 198 valence electrons. The quantitative estimate of drug-likeness (QED) is 0.521. The Labute approximate surface area is 211 Å². The van der Waals surface area contributed by atoms with E-state index in [4.69, 9.17) is 9.47 Å². The number of halogens is 2. The molecule has 2 saturated heterocycles. The van der Waals surface area contributed by atoms with Crippen LogP contribution in [0.4, 0.5) is 25.5 Å². The lowest BCUT2D eigenvalue weighted by Crippen LogP contribution is -2.52. The van der Waals surface area contributed by atoms with Gasteiger partial charge in [-0.2, -0.15) is 15.0 Å². The summed E-state index contributed by atoms with van der Waals surface area (Å²) in [6.45, 7) is 2.48. The average Bonchev–Trinajstić information content (AvgIpc) is 3.33. The van der Waals surface area contributed by atoms with Crippen molar-refractivity contribution in [2.75, 3.05) is 56.8 Å². The fraction of sp³-hybridized carbons (Fsp3) is 0.522. The average molecular weight is 519 g/mol. The summed E-state index contributed by atoms with van der Waals surface area (Å²) in [4.78, 5) is 34.8. The van der Waals surface area contributed by atoms with Crippen LogP contribution in [0.25, 0.3) is 17.0 Å². The van der Waals surface area contributed by atoms with E-state index in [9.17, 15) is 18.7 Å². The van der Waals surface area contributed by atoms with Crippen LogP contribution in [0.1, 0.15) is 31.5 Å². The van der Waals surface area contributed by atoms with E-state index in [1.807, 2.05) is 4.90 Å². The Morgan fingerprint density at radius 1 is 1.11 bits per heavy atom. The number of alkyl halides is 2. The summed E-state index contributed by atoms with van der Waals surface area (Å²) >= 11 is 0. The summed E-state index contributed by atoms with van der Waals surface area (Å²) in [5.41, 5.74) is 0.620. The zero-order chi connectivity index (χ0) is 26.1. The van der Waals surface area contributed by atoms with Gasteiger partial charge in [0, 0.05) is 26.7 Å². The number of carbonyl (C=O) groups is 1. The van der Waals surface area contributed by atoms with Crippen molar-refractivity contribution in [1.82, 2.24) is 29.4 Å². The molecule has 0 radical (unpaired) electrons. The molecule has 5 rings (SSSR count). The van der Waals surface area contributed by atoms with Crippen molar-refractivity contribution in [1.29, 1.82) is 0 Å². The van der Waals surface area contributed by atoms with Crippen molar-refractivity contribution in [2.45, 2.75) is 31.9 Å². The van der Waals surface area contributed by atoms with Crippen molar-refractivity contribution in [3.63, 3.8) is 0 Å². The van der Waals surface area contributed by atoms with Crippen LogP contribution in [0.5, 0.6) is 5.75 Å². The monoisotopic (exact) mass is 518 g/mol. The molecule has 0 saturated carbocycles. The second-order valence-electron chi connectivity index (χ2n) is 8.83. The number of piperidine rings is 1. The number of benzene rings is 1. The van der Waals surface area contributed by atoms with Gasteiger partial charge in [-0.3, -0.25) is 9.47 Å². The van der Waals surface area contributed by atoms with Crippen LogP contribution in [0.3, 0.4) is 0 Å². The fourth-order valence-corrected chi connectivity index (χ4v) is 4.77. The number of carboxylic acid groups (broad SMARTS) is 1. The van der Waals surface area contributed by atoms with Crippen LogP contribution in [-0.2, 0) is 4.74 Å². The van der Waals surface area contributed by atoms with Crippen molar-refractivity contribution < 1.29 is 28.2 Å². The lowest BCUT2D eigenvalue weighted by molar-refractivity contribution is 0.121. The number of morpholine rings is 1. The first-order valence-electron chi connectivity index (χ1n) is 12.0. The van der Waals surface area contributed by atoms with Gasteiger partial charge in [-0.25, -0.2) is 18.6 Å². The standard InChI is InChI=1S/C23H28F2N8O4/c1-30(23(34)35)16-8-3-4-9-32(16)21-27-20(31-10-12-37-13-11-31)28-22(29-21)33-14-6-5-7-15(36-2)17(14)26-19(33)18(24)25/h5-7,16,18H,3-4,8-13H2,1-2H3,(H,34,35). The molecular weight excluding hydrogens is 490 g/mol. The second kappa shape index (κ2) is 10.3. The molecule has 1 unspecified atom stereocenters. The van der Waals surface area contributed by atoms with E-state index >= 15 is 0 Å². The van der Waals surface area contributed by atoms with Gasteiger partial charge < -0.3 is 24.4 Å². The van der Waals surface area contributed by atoms with Gasteiger partial charge in [0.1, 0.15) is 17.4 Å². The smallest absolute Gasteiger partial charge is 0.408 e. The Hall–Kier alpha value is -3.81. The van der Waals surface area contributed by atoms with Crippen LogP contribution in [-0.4, -0.2) is 93.8 Å². The zero-order valence-corrected chi connectivity index (χ0v) is 20.5. The first-order valence-corrected chi connectivity index (χ1v) is 12.0. The largest absolute Gasteiger partial charge is 0.494 e. The van der Waals surface area contributed by atoms with E-state index in [2.05, 4.69) is 19.9 Å². The molecule has 0 aliphatic carbocycles. The van der Waals surface area contributed by atoms with Crippen molar-refractivity contribution in [2.24, 2.45) is 0 Å². The number of nitrogens with zero attached hydrogens (tertiary/aromatic N) is 8. The Morgan fingerprint density at radius 3 is 2.54 bits per heavy atom. The van der Waals surface area contributed by atoms with Gasteiger partial charge in [-0.15, -0.1) is 0 Å². The number of hydrogen-bond donors (Lipinski definition) is 1. The molecule has 0 spiro atoms. The van der Waals surface area contributed by atoms with Gasteiger partial charge in [0.2, 0.25) is 17.8 Å². The maximum atomic E-state index is 14.2. The molecule has 1 N–H and O–H groups in total. The van der Waals surface area contributed by atoms with Crippen molar-refractivity contribution in [3.05, 3.63) is 24.0 Å². The van der Waals surface area contributed by atoms with Crippen LogP contribution in [0.15, 0.2) is 18.2 Å². The number of fused-ring (bicyclic) bond motifs is 1. The first kappa shape index (κ1) is 24.9. The number of para-hydroxylation sites is 1. The number of hydrogen-bond acceptors (Lipinski definition) is 9. The number of methoxy groups -OCH3 is 1. The molecule has 2 fully saturated rings. The molecular formula is C23H28F2N8O4. The SMILES string of the molecule is COc1cccc2c1nc(C(F)F)n2-c1nc(N2CCOCC2)nc(N2CCCCC2N(C)C(=O)O)n1. The summed E-state index contributed by atoms with van der Waals surface area (Å²) in [5, 5.41) is 9.64. The third kappa shape index (κ3) is 4.68. The normalized spacial score (nSPS) is 18.5. The molecule has 3 aromatic rings. The van der Waals surface area contributed by atoms with Crippen LogP contribution in [0, 0.1) is 0 Å². The summed E-state index contributed by atoms with van der Waals surface area (Å²) in [5.74, 6) is 0.312. The molecule has 2 aliphatic rings. The number of imidazole rings is 1. The number of anilines is 2. The third-order valence-corrected chi connectivity index (χ3v) is 6.66. The van der Waals surface area contributed by atoms with Gasteiger partial charge in [0.15, 0.2) is 5.82 Å². The molecule has 37 heavy (non-hydrogen) atoms. The number of aromatic nitrogens is 5. The van der Waals surface area contributed by atoms with Gasteiger partial charge in [0.25, 0.3) is 6.43 Å². The summed E-state index contributed by atoms with van der Waals surface area (Å²) in [7, 11) is 2.95. The van der Waals surface area contributed by atoms with Gasteiger partial charge in [0.05, 0.1) is 25.8 Å². The summed E-state index contributed by atoms with van der Waals surface area (Å²) in [6.07, 6.45) is -2.25. The molecule has 2 aliphatic heterocycles. The molecule has 14 heteroatoms. The topological polar surface area (TPSA) is 122 Å². The minimum atomic E-state index is -2.91. The predicted octanol–water partition coefficient (Wildman–Crippen LogP) is 2.92. The van der Waals surface area contributed by atoms with E-state index in [0.717, 1.165) is 12.8 Å². The van der Waals surface area contributed by atoms with Crippen LogP contribution in [0.2, 0.25) is 0 Å². The van der Waals surface area contributed by atoms with Crippen molar-refractivity contribution in [3.8, 4) is 11.7 Å². The highest BCUT2D eigenvalue weighted by molar-refractivity contribution is 5.84. The number of rotatable bonds is 6. The summed E-state index contributed by atoms with van der Waals surface area (Å²) < 4.78 is 40.5. The van der Waals surface area contributed by atoms with Gasteiger partial charge in [-0.1, -0.05) is 6.07 Å². The highest BCUT2D eigenvalue weighted by Crippen LogP contribution is 2.33. The third-order valence-electron chi connectivity index (χ3n) is 6.66. The highest BCUT2D eigenvalue weighted by atomic mass is 19.3. The van der Waals surface area contributed by atoms with Crippen LogP contribution < -0.4 is 14.5 Å². The Kier molecular flexibility index (Phi) is 6.91. The highest BCUT2D eigenvalue weighted by Gasteiger charge is 2.33. The van der Waals surface area contributed by atoms with Crippen LogP contribution >= 0.6 is 0 Å². The lowest BCUT2D eigenvalue weighted by Gasteiger charge is -2.40. The Bertz CT molecular complexity index is 1280. The van der Waals surface area contributed by atoms with E-state index in [0.29, 0.717) is 56.5 Å². The Morgan fingerprint density at radius 2 is 1.84 bits per heavy atom. The van der Waals surface area contributed by atoms with E-state index in [1.165, 1.54) is 23.6 Å². The predicted molar refractivity (Wildman–Crippen MR) is 130 cm³/mol. The lowest BCUT2D eigenvalue weighted by atomic mass is 10.1. The number of amides is 1. The molecule has 1 atom stereocenters. The van der Waals surface area contributed by atoms with Gasteiger partial charge >= 0.3 is 6.09 Å². The molecule has 1 aromatic carbocycles. The maximum absolute atomic E-state index is 14.2. The molecule has 1 amide bonds. The molecule has 2 aromatic heterocycles. The minimum absolute atomic E-state index is 0.0279. The second-order valence-corrected chi connectivity index (χ2v) is 8.83. The molecule has 0 bridgehead atoms. The van der Waals surface area contributed by atoms with E-state index in [1.54, 1.807) is 23.1 Å². The zero-order valence-electron chi connectivity index (χ0n) is 20.5. The van der Waals surface area contributed by atoms with Crippen molar-refractivity contribution >= 4 is 29.0 Å². The maximum Gasteiger partial charge on any atom is 0.408 e. The van der Waals surface area contributed by atoms with E-state index in [-0.39, 0.29) is 17.4 Å². The minimum Gasteiger partial charge on any atom is -0.494 e. The van der Waals surface area contributed by atoms with E-state index < -0.39 is 24.5 Å². The molecule has 4 heterocycles.